The van der Waals surface area contributed by atoms with Crippen LogP contribution in [0, 0.1) is 0 Å². The Labute approximate surface area is 96.0 Å². The van der Waals surface area contributed by atoms with Crippen LogP contribution in [0.15, 0.2) is 0 Å². The van der Waals surface area contributed by atoms with Crippen molar-refractivity contribution in [2.45, 2.75) is 51.4 Å². The van der Waals surface area contributed by atoms with Crippen LogP contribution >= 0.6 is 0 Å². The standard InChI is InChI=1S/C11H21NO4/c1-10(2,3)16-9(15)12-6-8(14)5-11(12,4)7-13/h8,13-14H,5-7H2,1-4H3/t8-,11-/m0/s1. The zero-order valence-corrected chi connectivity index (χ0v) is 10.4. The van der Waals surface area contributed by atoms with Crippen LogP contribution in [0.5, 0.6) is 0 Å². The van der Waals surface area contributed by atoms with E-state index in [1.54, 1.807) is 27.7 Å². The molecule has 1 fully saturated rings. The van der Waals surface area contributed by atoms with Gasteiger partial charge in [0.15, 0.2) is 0 Å². The molecule has 0 unspecified atom stereocenters. The highest BCUT2D eigenvalue weighted by Gasteiger charge is 2.45. The summed E-state index contributed by atoms with van der Waals surface area (Å²) in [6.45, 7) is 7.14. The van der Waals surface area contributed by atoms with E-state index in [1.165, 1.54) is 4.90 Å². The van der Waals surface area contributed by atoms with Crippen molar-refractivity contribution in [2.24, 2.45) is 0 Å². The van der Waals surface area contributed by atoms with E-state index in [4.69, 9.17) is 4.74 Å². The molecule has 1 aliphatic heterocycles. The molecule has 1 heterocycles. The number of aliphatic hydroxyl groups is 2. The van der Waals surface area contributed by atoms with E-state index in [0.717, 1.165) is 0 Å². The largest absolute Gasteiger partial charge is 0.444 e. The van der Waals surface area contributed by atoms with Crippen molar-refractivity contribution >= 4 is 6.09 Å². The summed E-state index contributed by atoms with van der Waals surface area (Å²) in [5.41, 5.74) is -1.29. The molecule has 0 aromatic carbocycles. The van der Waals surface area contributed by atoms with E-state index in [1.807, 2.05) is 0 Å². The zero-order valence-electron chi connectivity index (χ0n) is 10.4. The summed E-state index contributed by atoms with van der Waals surface area (Å²) in [4.78, 5) is 13.3. The number of hydrogen-bond acceptors (Lipinski definition) is 4. The van der Waals surface area contributed by atoms with E-state index in [2.05, 4.69) is 0 Å². The number of β-amino-alcohol motifs (C(OH)–C–C–N with tert-alkyl or cyclic N) is 1. The van der Waals surface area contributed by atoms with Crippen LogP contribution in [0.2, 0.25) is 0 Å². The molecule has 0 radical (unpaired) electrons. The van der Waals surface area contributed by atoms with Gasteiger partial charge >= 0.3 is 6.09 Å². The van der Waals surface area contributed by atoms with Crippen LogP contribution < -0.4 is 0 Å². The summed E-state index contributed by atoms with van der Waals surface area (Å²) in [7, 11) is 0. The van der Waals surface area contributed by atoms with Crippen molar-refractivity contribution in [2.75, 3.05) is 13.2 Å². The molecule has 94 valence electrons. The second kappa shape index (κ2) is 4.22. The van der Waals surface area contributed by atoms with Crippen molar-refractivity contribution in [1.82, 2.24) is 4.90 Å². The SMILES string of the molecule is CC(C)(C)OC(=O)N1C[C@@H](O)C[C@@]1(C)CO. The zero-order chi connectivity index (χ0) is 12.6. The molecule has 0 aliphatic carbocycles. The molecular weight excluding hydrogens is 210 g/mol. The number of carbonyl (C=O) groups is 1. The lowest BCUT2D eigenvalue weighted by Crippen LogP contribution is -2.49. The second-order valence-electron chi connectivity index (χ2n) is 5.60. The summed E-state index contributed by atoms with van der Waals surface area (Å²) in [5, 5.41) is 18.9. The first kappa shape index (κ1) is 13.3. The van der Waals surface area contributed by atoms with Gasteiger partial charge in [-0.05, 0) is 27.7 Å². The van der Waals surface area contributed by atoms with Gasteiger partial charge in [-0.2, -0.15) is 0 Å². The van der Waals surface area contributed by atoms with Gasteiger partial charge in [0.25, 0.3) is 0 Å². The monoisotopic (exact) mass is 231 g/mol. The van der Waals surface area contributed by atoms with Crippen LogP contribution in [-0.4, -0.2) is 51.6 Å². The molecule has 1 amide bonds. The van der Waals surface area contributed by atoms with Crippen LogP contribution in [0.4, 0.5) is 4.79 Å². The predicted molar refractivity (Wildman–Crippen MR) is 59.1 cm³/mol. The van der Waals surface area contributed by atoms with E-state index in [9.17, 15) is 15.0 Å². The number of ether oxygens (including phenoxy) is 1. The fourth-order valence-electron chi connectivity index (χ4n) is 1.88. The quantitative estimate of drug-likeness (QED) is 0.698. The van der Waals surface area contributed by atoms with Gasteiger partial charge in [0, 0.05) is 6.42 Å². The first-order chi connectivity index (χ1) is 7.18. The Bertz CT molecular complexity index is 274. The Morgan fingerprint density at radius 3 is 2.56 bits per heavy atom. The molecule has 0 aromatic heterocycles. The maximum Gasteiger partial charge on any atom is 0.410 e. The minimum absolute atomic E-state index is 0.177. The number of amides is 1. The van der Waals surface area contributed by atoms with Gasteiger partial charge in [0.2, 0.25) is 0 Å². The number of carbonyl (C=O) groups excluding carboxylic acids is 1. The lowest BCUT2D eigenvalue weighted by molar-refractivity contribution is -0.000401. The molecule has 1 saturated heterocycles. The van der Waals surface area contributed by atoms with Crippen molar-refractivity contribution < 1.29 is 19.7 Å². The van der Waals surface area contributed by atoms with Gasteiger partial charge in [0.05, 0.1) is 24.8 Å². The third-order valence-electron chi connectivity index (χ3n) is 2.67. The van der Waals surface area contributed by atoms with Crippen LogP contribution in [-0.2, 0) is 4.74 Å². The number of nitrogens with zero attached hydrogens (tertiary/aromatic N) is 1. The molecule has 5 nitrogen and oxygen atoms in total. The number of aliphatic hydroxyl groups excluding tert-OH is 2. The Kier molecular flexibility index (Phi) is 3.50. The maximum atomic E-state index is 11.9. The highest BCUT2D eigenvalue weighted by atomic mass is 16.6. The number of rotatable bonds is 1. The maximum absolute atomic E-state index is 11.9. The lowest BCUT2D eigenvalue weighted by Gasteiger charge is -2.34. The number of hydrogen-bond donors (Lipinski definition) is 2. The van der Waals surface area contributed by atoms with Gasteiger partial charge in [-0.3, -0.25) is 4.90 Å². The minimum Gasteiger partial charge on any atom is -0.444 e. The number of likely N-dealkylation sites (tertiary alicyclic amines) is 1. The van der Waals surface area contributed by atoms with Gasteiger partial charge < -0.3 is 14.9 Å². The van der Waals surface area contributed by atoms with Crippen LogP contribution in [0.25, 0.3) is 0 Å². The smallest absolute Gasteiger partial charge is 0.410 e. The third-order valence-corrected chi connectivity index (χ3v) is 2.67. The molecule has 1 rings (SSSR count). The van der Waals surface area contributed by atoms with Crippen molar-refractivity contribution in [1.29, 1.82) is 0 Å². The fourth-order valence-corrected chi connectivity index (χ4v) is 1.88. The molecule has 5 heteroatoms. The summed E-state index contributed by atoms with van der Waals surface area (Å²) in [6.07, 6.45) is -0.701. The fraction of sp³-hybridized carbons (Fsp3) is 0.909. The first-order valence-electron chi connectivity index (χ1n) is 5.47. The molecule has 0 aromatic rings. The molecule has 0 spiro atoms. The van der Waals surface area contributed by atoms with Gasteiger partial charge in [-0.15, -0.1) is 0 Å². The van der Waals surface area contributed by atoms with Crippen molar-refractivity contribution in [3.63, 3.8) is 0 Å². The average Bonchev–Trinajstić information content (AvgIpc) is 2.40. The Balaban J connectivity index is 2.75. The van der Waals surface area contributed by atoms with Crippen molar-refractivity contribution in [3.8, 4) is 0 Å². The van der Waals surface area contributed by atoms with Gasteiger partial charge in [-0.1, -0.05) is 0 Å². The third kappa shape index (κ3) is 2.86. The predicted octanol–water partition coefficient (Wildman–Crippen LogP) is 0.739. The Morgan fingerprint density at radius 1 is 1.56 bits per heavy atom. The Hall–Kier alpha value is -0.810. The summed E-state index contributed by atoms with van der Waals surface area (Å²) in [6, 6.07) is 0. The summed E-state index contributed by atoms with van der Waals surface area (Å²) >= 11 is 0. The van der Waals surface area contributed by atoms with E-state index < -0.39 is 23.3 Å². The molecule has 0 bridgehead atoms. The van der Waals surface area contributed by atoms with Gasteiger partial charge in [-0.25, -0.2) is 4.79 Å². The van der Waals surface area contributed by atoms with Crippen LogP contribution in [0.3, 0.4) is 0 Å². The first-order valence-corrected chi connectivity index (χ1v) is 5.47. The van der Waals surface area contributed by atoms with Crippen molar-refractivity contribution in [3.05, 3.63) is 0 Å². The van der Waals surface area contributed by atoms with Crippen LogP contribution in [0.1, 0.15) is 34.1 Å². The lowest BCUT2D eigenvalue weighted by atomic mass is 10.00. The Morgan fingerprint density at radius 2 is 2.12 bits per heavy atom. The normalized spacial score (nSPS) is 30.6. The second-order valence-corrected chi connectivity index (χ2v) is 5.60. The molecule has 2 N–H and O–H groups in total. The van der Waals surface area contributed by atoms with Gasteiger partial charge in [0.1, 0.15) is 5.60 Å². The molecule has 16 heavy (non-hydrogen) atoms. The topological polar surface area (TPSA) is 70.0 Å². The average molecular weight is 231 g/mol. The molecule has 1 aliphatic rings. The highest BCUT2D eigenvalue weighted by molar-refractivity contribution is 5.69. The van der Waals surface area contributed by atoms with E-state index in [0.29, 0.717) is 6.42 Å². The summed E-state index contributed by atoms with van der Waals surface area (Å²) in [5.74, 6) is 0. The van der Waals surface area contributed by atoms with E-state index >= 15 is 0 Å². The highest BCUT2D eigenvalue weighted by Crippen LogP contribution is 2.30. The minimum atomic E-state index is -0.720. The molecule has 0 saturated carbocycles. The molecular formula is C11H21NO4. The summed E-state index contributed by atoms with van der Waals surface area (Å²) < 4.78 is 5.23. The van der Waals surface area contributed by atoms with E-state index in [-0.39, 0.29) is 13.2 Å². The molecule has 2 atom stereocenters.